The lowest BCUT2D eigenvalue weighted by atomic mass is 10.6. The van der Waals surface area contributed by atoms with Crippen LogP contribution in [0.2, 0.25) is 0 Å². The molecule has 0 atom stereocenters. The fourth-order valence-electron chi connectivity index (χ4n) is 0.519. The Hall–Kier alpha value is -1.01. The molecule has 11 heavy (non-hydrogen) atoms. The number of rotatable bonds is 6. The second kappa shape index (κ2) is 7.10. The largest absolute Gasteiger partial charge is 0.369 e. The van der Waals surface area contributed by atoms with E-state index in [-0.39, 0.29) is 5.96 Å². The lowest BCUT2D eigenvalue weighted by molar-refractivity contribution is 0.632. The molecular weight excluding hydrogens is 144 g/mol. The van der Waals surface area contributed by atoms with Gasteiger partial charge >= 0.3 is 0 Å². The Labute approximate surface area is 66.2 Å². The Morgan fingerprint density at radius 1 is 1.18 bits per heavy atom. The summed E-state index contributed by atoms with van der Waals surface area (Å²) in [6.45, 7) is 2.94. The molecule has 0 radical (unpaired) electrons. The molecule has 0 spiro atoms. The zero-order valence-electron chi connectivity index (χ0n) is 6.51. The number of guanidine groups is 1. The smallest absolute Gasteiger partial charge is 0.208 e. The van der Waals surface area contributed by atoms with Crippen LogP contribution in [0.3, 0.4) is 0 Å². The molecule has 0 aliphatic heterocycles. The summed E-state index contributed by atoms with van der Waals surface area (Å²) in [7, 11) is 0. The molecule has 0 aliphatic rings. The van der Waals surface area contributed by atoms with Crippen molar-refractivity contribution in [1.29, 1.82) is 0 Å². The normalized spacial score (nSPS) is 9.18. The second-order valence-corrected chi connectivity index (χ2v) is 1.98. The van der Waals surface area contributed by atoms with Crippen LogP contribution in [0, 0.1) is 0 Å². The van der Waals surface area contributed by atoms with Crippen LogP contribution in [0.5, 0.6) is 0 Å². The van der Waals surface area contributed by atoms with E-state index >= 15 is 0 Å². The molecule has 6 heteroatoms. The van der Waals surface area contributed by atoms with E-state index in [1.165, 1.54) is 0 Å². The van der Waals surface area contributed by atoms with Crippen LogP contribution in [0.15, 0.2) is 5.10 Å². The van der Waals surface area contributed by atoms with Crippen molar-refractivity contribution in [2.45, 2.75) is 0 Å². The first kappa shape index (κ1) is 9.99. The lowest BCUT2D eigenvalue weighted by Crippen LogP contribution is -2.31. The molecule has 0 saturated heterocycles. The van der Waals surface area contributed by atoms with Crippen molar-refractivity contribution in [3.05, 3.63) is 0 Å². The molecule has 0 fully saturated rings. The van der Waals surface area contributed by atoms with E-state index in [4.69, 9.17) is 17.2 Å². The number of nitrogens with zero attached hydrogens (tertiary/aromatic N) is 1. The first-order valence-corrected chi connectivity index (χ1v) is 3.49. The number of hydrazone groups is 1. The molecule has 0 amide bonds. The third kappa shape index (κ3) is 8.99. The van der Waals surface area contributed by atoms with Gasteiger partial charge in [0.15, 0.2) is 0 Å². The fourth-order valence-corrected chi connectivity index (χ4v) is 0.519. The van der Waals surface area contributed by atoms with Gasteiger partial charge in [-0.2, -0.15) is 0 Å². The summed E-state index contributed by atoms with van der Waals surface area (Å²) >= 11 is 0. The van der Waals surface area contributed by atoms with Crippen molar-refractivity contribution < 1.29 is 0 Å². The summed E-state index contributed by atoms with van der Waals surface area (Å²) in [5.41, 5.74) is 18.0. The van der Waals surface area contributed by atoms with Crippen LogP contribution in [-0.2, 0) is 0 Å². The molecule has 0 aromatic rings. The summed E-state index contributed by atoms with van der Waals surface area (Å²) in [6, 6.07) is 0. The van der Waals surface area contributed by atoms with Gasteiger partial charge < -0.3 is 27.9 Å². The summed E-state index contributed by atoms with van der Waals surface area (Å²) in [5, 5.41) is 6.64. The van der Waals surface area contributed by atoms with Crippen LogP contribution in [0.1, 0.15) is 0 Å². The van der Waals surface area contributed by atoms with Gasteiger partial charge in [0, 0.05) is 26.2 Å². The van der Waals surface area contributed by atoms with Gasteiger partial charge in [0.1, 0.15) is 0 Å². The second-order valence-electron chi connectivity index (χ2n) is 1.98. The molecule has 0 rings (SSSR count). The molecule has 6 nitrogen and oxygen atoms in total. The van der Waals surface area contributed by atoms with Gasteiger partial charge in [-0.05, 0) is 0 Å². The summed E-state index contributed by atoms with van der Waals surface area (Å²) in [4.78, 5) is 0. The molecular formula is C5H16N6. The van der Waals surface area contributed by atoms with Gasteiger partial charge in [-0.1, -0.05) is 0 Å². The number of nitrogens with two attached hydrogens (primary N) is 3. The molecule has 0 heterocycles. The van der Waals surface area contributed by atoms with E-state index in [1.54, 1.807) is 0 Å². The van der Waals surface area contributed by atoms with Crippen LogP contribution in [0.25, 0.3) is 0 Å². The number of hydrogen-bond acceptors (Lipinski definition) is 4. The highest BCUT2D eigenvalue weighted by molar-refractivity contribution is 5.75. The van der Waals surface area contributed by atoms with E-state index in [9.17, 15) is 0 Å². The van der Waals surface area contributed by atoms with Crippen molar-refractivity contribution in [3.8, 4) is 0 Å². The Balaban J connectivity index is 2.97. The predicted octanol–water partition coefficient (Wildman–Crippen LogP) is -2.69. The molecule has 66 valence electrons. The van der Waals surface area contributed by atoms with Crippen molar-refractivity contribution in [1.82, 2.24) is 10.7 Å². The Morgan fingerprint density at radius 2 is 1.91 bits per heavy atom. The average Bonchev–Trinajstić information content (AvgIpc) is 1.96. The molecule has 0 aromatic heterocycles. The maximum atomic E-state index is 5.24. The third-order valence-corrected chi connectivity index (χ3v) is 0.943. The van der Waals surface area contributed by atoms with Gasteiger partial charge in [-0.15, -0.1) is 5.10 Å². The van der Waals surface area contributed by atoms with Gasteiger partial charge in [0.05, 0.1) is 0 Å². The molecule has 8 N–H and O–H groups in total. The van der Waals surface area contributed by atoms with Crippen molar-refractivity contribution >= 4 is 5.96 Å². The first-order valence-electron chi connectivity index (χ1n) is 3.49. The topological polar surface area (TPSA) is 114 Å². The standard InChI is InChI=1S/C5H16N6/c6-1-2-9-3-4-10-11-5(7)8/h9-10H,1-4,6H2,(H4,7,8,11). The maximum Gasteiger partial charge on any atom is 0.208 e. The van der Waals surface area contributed by atoms with Crippen molar-refractivity contribution in [3.63, 3.8) is 0 Å². The maximum absolute atomic E-state index is 5.24. The average molecular weight is 160 g/mol. The molecule has 0 saturated carbocycles. The van der Waals surface area contributed by atoms with E-state index in [2.05, 4.69) is 15.8 Å². The number of hydrogen-bond donors (Lipinski definition) is 5. The minimum Gasteiger partial charge on any atom is -0.369 e. The van der Waals surface area contributed by atoms with Crippen molar-refractivity contribution in [2.75, 3.05) is 26.2 Å². The van der Waals surface area contributed by atoms with Crippen LogP contribution in [-0.4, -0.2) is 32.1 Å². The zero-order chi connectivity index (χ0) is 8.53. The van der Waals surface area contributed by atoms with Gasteiger partial charge in [0.25, 0.3) is 0 Å². The Morgan fingerprint density at radius 3 is 2.45 bits per heavy atom. The summed E-state index contributed by atoms with van der Waals surface area (Å²) in [6.07, 6.45) is 0. The van der Waals surface area contributed by atoms with Gasteiger partial charge in [0.2, 0.25) is 5.96 Å². The van der Waals surface area contributed by atoms with Crippen LogP contribution >= 0.6 is 0 Å². The molecule has 0 aliphatic carbocycles. The Kier molecular flexibility index (Phi) is 6.45. The van der Waals surface area contributed by atoms with Crippen molar-refractivity contribution in [2.24, 2.45) is 22.3 Å². The monoisotopic (exact) mass is 160 g/mol. The van der Waals surface area contributed by atoms with E-state index < -0.39 is 0 Å². The number of nitrogens with one attached hydrogen (secondary N) is 2. The molecule has 0 aromatic carbocycles. The first-order chi connectivity index (χ1) is 5.27. The van der Waals surface area contributed by atoms with Gasteiger partial charge in [-0.25, -0.2) is 0 Å². The molecule has 0 unspecified atom stereocenters. The predicted molar refractivity (Wildman–Crippen MR) is 45.7 cm³/mol. The van der Waals surface area contributed by atoms with Crippen LogP contribution in [0.4, 0.5) is 0 Å². The Bertz CT molecular complexity index is 108. The van der Waals surface area contributed by atoms with E-state index in [0.717, 1.165) is 13.1 Å². The van der Waals surface area contributed by atoms with Crippen LogP contribution < -0.4 is 27.9 Å². The minimum absolute atomic E-state index is 0.0452. The zero-order valence-corrected chi connectivity index (χ0v) is 6.51. The highest BCUT2D eigenvalue weighted by atomic mass is 15.3. The highest BCUT2D eigenvalue weighted by Gasteiger charge is 1.83. The van der Waals surface area contributed by atoms with E-state index in [1.807, 2.05) is 0 Å². The third-order valence-electron chi connectivity index (χ3n) is 0.943. The quantitative estimate of drug-likeness (QED) is 0.126. The summed E-state index contributed by atoms with van der Waals surface area (Å²) < 4.78 is 0. The summed E-state index contributed by atoms with van der Waals surface area (Å²) in [5.74, 6) is 0.0452. The fraction of sp³-hybridized carbons (Fsp3) is 0.800. The van der Waals surface area contributed by atoms with Gasteiger partial charge in [-0.3, -0.25) is 0 Å². The minimum atomic E-state index is 0.0452. The lowest BCUT2D eigenvalue weighted by Gasteiger charge is -2.01. The highest BCUT2D eigenvalue weighted by Crippen LogP contribution is 1.58. The van der Waals surface area contributed by atoms with E-state index in [0.29, 0.717) is 13.1 Å². The molecule has 0 bridgehead atoms. The SMILES string of the molecule is NCCNCCNN=C(N)N.